The average Bonchev–Trinajstić information content (AvgIpc) is 1.92. The Bertz CT molecular complexity index is 404. The van der Waals surface area contributed by atoms with Gasteiger partial charge in [0.05, 0.1) is 0 Å². The molecule has 0 bridgehead atoms. The molecule has 3 nitrogen and oxygen atoms in total. The van der Waals surface area contributed by atoms with Crippen LogP contribution < -0.4 is 0 Å². The molecule has 0 radical (unpaired) electrons. The van der Waals surface area contributed by atoms with Crippen LogP contribution in [0.1, 0.15) is 0 Å². The van der Waals surface area contributed by atoms with E-state index in [9.17, 15) is 17.2 Å². The van der Waals surface area contributed by atoms with Crippen molar-refractivity contribution in [1.82, 2.24) is 0 Å². The Labute approximate surface area is 95.8 Å². The molecule has 68 valence electrons. The van der Waals surface area contributed by atoms with Crippen LogP contribution in [0.4, 0.5) is 8.78 Å². The van der Waals surface area contributed by atoms with E-state index in [2.05, 4.69) is 0 Å². The summed E-state index contributed by atoms with van der Waals surface area (Å²) in [6.45, 7) is 0. The molecule has 13 heavy (non-hydrogen) atoms. The molecule has 0 unspecified atom stereocenters. The van der Waals surface area contributed by atoms with Crippen molar-refractivity contribution >= 4 is 39.7 Å². The molecule has 0 aliphatic rings. The standard InChI is InChI=1S/C6H4F2O3S.Na.H/c7-4-1-2-5(8)6(3-4)12(9,10)11;;/h1-3H,(H,9,10,11);;. The molecule has 1 N–H and O–H groups in total. The van der Waals surface area contributed by atoms with Crippen molar-refractivity contribution in [2.75, 3.05) is 0 Å². The Kier molecular flexibility index (Phi) is 4.47. The maximum absolute atomic E-state index is 12.6. The molecule has 1 aromatic carbocycles. The molecular formula is C6H5F2NaO3S. The zero-order valence-electron chi connectivity index (χ0n) is 5.66. The number of benzene rings is 1. The van der Waals surface area contributed by atoms with Crippen molar-refractivity contribution in [1.29, 1.82) is 0 Å². The van der Waals surface area contributed by atoms with Crippen molar-refractivity contribution in [3.05, 3.63) is 29.8 Å². The van der Waals surface area contributed by atoms with Crippen LogP contribution >= 0.6 is 0 Å². The summed E-state index contributed by atoms with van der Waals surface area (Å²) in [5.74, 6) is -2.11. The van der Waals surface area contributed by atoms with Crippen LogP contribution in [-0.4, -0.2) is 42.5 Å². The van der Waals surface area contributed by atoms with Gasteiger partial charge in [0.25, 0.3) is 10.1 Å². The summed E-state index contributed by atoms with van der Waals surface area (Å²) in [7, 11) is -4.67. The predicted octanol–water partition coefficient (Wildman–Crippen LogP) is 0.563. The van der Waals surface area contributed by atoms with Gasteiger partial charge in [-0.05, 0) is 18.2 Å². The number of halogens is 2. The van der Waals surface area contributed by atoms with Crippen LogP contribution in [0.3, 0.4) is 0 Å². The third-order valence-electron chi connectivity index (χ3n) is 1.17. The molecule has 1 aromatic rings. The fourth-order valence-electron chi connectivity index (χ4n) is 0.675. The zero-order valence-corrected chi connectivity index (χ0v) is 6.48. The second-order valence-corrected chi connectivity index (χ2v) is 3.44. The number of rotatable bonds is 1. The monoisotopic (exact) mass is 218 g/mol. The third kappa shape index (κ3) is 3.32. The molecule has 1 rings (SSSR count). The van der Waals surface area contributed by atoms with Gasteiger partial charge in [0.15, 0.2) is 0 Å². The van der Waals surface area contributed by atoms with Crippen molar-refractivity contribution in [3.63, 3.8) is 0 Å². The predicted molar refractivity (Wildman–Crippen MR) is 43.3 cm³/mol. The Morgan fingerprint density at radius 1 is 1.23 bits per heavy atom. The van der Waals surface area contributed by atoms with Crippen LogP contribution in [0.25, 0.3) is 0 Å². The second kappa shape index (κ2) is 4.47. The van der Waals surface area contributed by atoms with Gasteiger partial charge in [-0.3, -0.25) is 4.55 Å². The van der Waals surface area contributed by atoms with Crippen LogP contribution in [0.2, 0.25) is 0 Å². The molecule has 0 saturated heterocycles. The topological polar surface area (TPSA) is 54.4 Å². The normalized spacial score (nSPS) is 10.7. The summed E-state index contributed by atoms with van der Waals surface area (Å²) < 4.78 is 54.0. The Morgan fingerprint density at radius 2 is 1.77 bits per heavy atom. The van der Waals surface area contributed by atoms with Crippen LogP contribution in [0.5, 0.6) is 0 Å². The van der Waals surface area contributed by atoms with E-state index in [0.717, 1.165) is 6.07 Å². The molecule has 0 saturated carbocycles. The Balaban J connectivity index is 0.00000144. The fourth-order valence-corrected chi connectivity index (χ4v) is 1.25. The van der Waals surface area contributed by atoms with E-state index in [-0.39, 0.29) is 29.6 Å². The van der Waals surface area contributed by atoms with E-state index in [0.29, 0.717) is 12.1 Å². The molecule has 0 aliphatic heterocycles. The van der Waals surface area contributed by atoms with E-state index < -0.39 is 26.6 Å². The van der Waals surface area contributed by atoms with Crippen molar-refractivity contribution < 1.29 is 21.8 Å². The van der Waals surface area contributed by atoms with Gasteiger partial charge < -0.3 is 0 Å². The van der Waals surface area contributed by atoms with E-state index in [4.69, 9.17) is 4.55 Å². The molecule has 0 spiro atoms. The van der Waals surface area contributed by atoms with Gasteiger partial charge in [0.1, 0.15) is 16.5 Å². The van der Waals surface area contributed by atoms with E-state index in [1.54, 1.807) is 0 Å². The van der Waals surface area contributed by atoms with Gasteiger partial charge in [0, 0.05) is 0 Å². The minimum atomic E-state index is -4.67. The van der Waals surface area contributed by atoms with E-state index in [1.165, 1.54) is 0 Å². The third-order valence-corrected chi connectivity index (χ3v) is 2.04. The van der Waals surface area contributed by atoms with Gasteiger partial charge in [-0.15, -0.1) is 0 Å². The van der Waals surface area contributed by atoms with Gasteiger partial charge in [-0.25, -0.2) is 8.78 Å². The first-order valence-electron chi connectivity index (χ1n) is 2.84. The van der Waals surface area contributed by atoms with Gasteiger partial charge >= 0.3 is 29.6 Å². The quantitative estimate of drug-likeness (QED) is 0.553. The first-order valence-corrected chi connectivity index (χ1v) is 4.28. The van der Waals surface area contributed by atoms with Crippen molar-refractivity contribution in [2.24, 2.45) is 0 Å². The summed E-state index contributed by atoms with van der Waals surface area (Å²) in [5, 5.41) is 0. The number of hydrogen-bond donors (Lipinski definition) is 1. The molecule has 0 aliphatic carbocycles. The average molecular weight is 218 g/mol. The van der Waals surface area contributed by atoms with Crippen LogP contribution in [-0.2, 0) is 10.1 Å². The molecule has 0 atom stereocenters. The molecule has 7 heteroatoms. The Hall–Kier alpha value is -0.0100. The molecule has 0 heterocycles. The van der Waals surface area contributed by atoms with Crippen molar-refractivity contribution in [3.8, 4) is 0 Å². The summed E-state index contributed by atoms with van der Waals surface area (Å²) in [4.78, 5) is -1.05. The van der Waals surface area contributed by atoms with Gasteiger partial charge in [0.2, 0.25) is 0 Å². The first-order chi connectivity index (χ1) is 5.41. The van der Waals surface area contributed by atoms with Crippen LogP contribution in [0, 0.1) is 11.6 Å². The summed E-state index contributed by atoms with van der Waals surface area (Å²) in [6.07, 6.45) is 0. The second-order valence-electron chi connectivity index (χ2n) is 2.05. The van der Waals surface area contributed by atoms with Gasteiger partial charge in [-0.1, -0.05) is 0 Å². The summed E-state index contributed by atoms with van der Waals surface area (Å²) >= 11 is 0. The fraction of sp³-hybridized carbons (Fsp3) is 0. The SMILES string of the molecule is O=S(=O)(O)c1cc(F)ccc1F.[NaH]. The summed E-state index contributed by atoms with van der Waals surface area (Å²) in [5.41, 5.74) is 0. The van der Waals surface area contributed by atoms with Crippen LogP contribution in [0.15, 0.2) is 23.1 Å². The zero-order chi connectivity index (χ0) is 9.35. The molecule has 0 amide bonds. The first kappa shape index (κ1) is 13.0. The molecule has 0 aromatic heterocycles. The van der Waals surface area contributed by atoms with Gasteiger partial charge in [-0.2, -0.15) is 8.42 Å². The summed E-state index contributed by atoms with van der Waals surface area (Å²) in [6, 6.07) is 1.78. The molecule has 0 fully saturated rings. The minimum absolute atomic E-state index is 0. The van der Waals surface area contributed by atoms with Crippen molar-refractivity contribution in [2.45, 2.75) is 4.90 Å². The van der Waals surface area contributed by atoms with E-state index in [1.807, 2.05) is 0 Å². The Morgan fingerprint density at radius 3 is 2.15 bits per heavy atom. The number of hydrogen-bond acceptors (Lipinski definition) is 2. The van der Waals surface area contributed by atoms with E-state index >= 15 is 0 Å². The maximum atomic E-state index is 12.6. The molecular weight excluding hydrogens is 213 g/mol.